The molecule has 0 fully saturated rings. The van der Waals surface area contributed by atoms with Gasteiger partial charge in [0.2, 0.25) is 0 Å². The first-order valence-electron chi connectivity index (χ1n) is 8.89. The monoisotopic (exact) mass is 366 g/mol. The van der Waals surface area contributed by atoms with Crippen molar-refractivity contribution in [3.63, 3.8) is 0 Å². The Morgan fingerprint density at radius 3 is 2.63 bits per heavy atom. The molecular formula is C22H26N2O3. The number of aromatic nitrogens is 1. The Bertz CT molecular complexity index is 939. The Kier molecular flexibility index (Phi) is 6.91. The summed E-state index contributed by atoms with van der Waals surface area (Å²) in [6, 6.07) is 7.31. The number of carbonyl (C=O) groups excluding carboxylic acids is 1. The molecule has 0 saturated carbocycles. The molecule has 1 unspecified atom stereocenters. The van der Waals surface area contributed by atoms with E-state index in [1.54, 1.807) is 37.5 Å². The van der Waals surface area contributed by atoms with Gasteiger partial charge in [0.1, 0.15) is 0 Å². The van der Waals surface area contributed by atoms with Crippen molar-refractivity contribution in [1.82, 2.24) is 9.88 Å². The van der Waals surface area contributed by atoms with Crippen LogP contribution in [0.25, 0.3) is 6.08 Å². The van der Waals surface area contributed by atoms with Crippen molar-refractivity contribution in [1.29, 1.82) is 0 Å². The fraction of sp³-hybridized carbons (Fsp3) is 0.273. The summed E-state index contributed by atoms with van der Waals surface area (Å²) >= 11 is 0. The molecule has 2 N–H and O–H groups in total. The number of aliphatic hydroxyl groups is 1. The minimum Gasteiger partial charge on any atom is -0.394 e. The fourth-order valence-electron chi connectivity index (χ4n) is 2.68. The standard InChI is InChI=1S/C22H26N2O3/c1-15-8-9-16(2)20(13-15)21(26)23-11-6-5-7-19-17(3)10-12-24(22(19)27)18(4)14-25/h5-13,18,25H,14H2,1-4H3,(H,23,26)/b7-5-,11-6+. The Morgan fingerprint density at radius 1 is 1.19 bits per heavy atom. The van der Waals surface area contributed by atoms with Gasteiger partial charge in [-0.1, -0.05) is 23.8 Å². The molecule has 0 aliphatic rings. The lowest BCUT2D eigenvalue weighted by atomic mass is 10.1. The van der Waals surface area contributed by atoms with E-state index in [2.05, 4.69) is 5.32 Å². The lowest BCUT2D eigenvalue weighted by Gasteiger charge is -2.13. The van der Waals surface area contributed by atoms with Crippen LogP contribution in [-0.4, -0.2) is 22.2 Å². The molecule has 1 aromatic carbocycles. The van der Waals surface area contributed by atoms with Crippen LogP contribution in [0.3, 0.4) is 0 Å². The van der Waals surface area contributed by atoms with E-state index in [0.717, 1.165) is 16.7 Å². The lowest BCUT2D eigenvalue weighted by Crippen LogP contribution is -2.27. The van der Waals surface area contributed by atoms with Gasteiger partial charge < -0.3 is 15.0 Å². The van der Waals surface area contributed by atoms with Crippen LogP contribution >= 0.6 is 0 Å². The quantitative estimate of drug-likeness (QED) is 0.771. The highest BCUT2D eigenvalue weighted by Crippen LogP contribution is 2.11. The van der Waals surface area contributed by atoms with Crippen LogP contribution in [0.5, 0.6) is 0 Å². The summed E-state index contributed by atoms with van der Waals surface area (Å²) < 4.78 is 1.51. The molecule has 142 valence electrons. The first-order chi connectivity index (χ1) is 12.8. The molecule has 1 atom stereocenters. The molecule has 5 heteroatoms. The average molecular weight is 366 g/mol. The maximum Gasteiger partial charge on any atom is 0.258 e. The molecule has 27 heavy (non-hydrogen) atoms. The zero-order valence-electron chi connectivity index (χ0n) is 16.2. The minimum absolute atomic E-state index is 0.101. The molecule has 0 radical (unpaired) electrons. The van der Waals surface area contributed by atoms with Gasteiger partial charge in [-0.2, -0.15) is 0 Å². The van der Waals surface area contributed by atoms with Gasteiger partial charge in [-0.25, -0.2) is 0 Å². The van der Waals surface area contributed by atoms with Crippen LogP contribution in [0.4, 0.5) is 0 Å². The van der Waals surface area contributed by atoms with Gasteiger partial charge in [-0.15, -0.1) is 0 Å². The molecule has 0 spiro atoms. The van der Waals surface area contributed by atoms with Crippen LogP contribution < -0.4 is 10.9 Å². The van der Waals surface area contributed by atoms with E-state index >= 15 is 0 Å². The lowest BCUT2D eigenvalue weighted by molar-refractivity contribution is 0.0969. The highest BCUT2D eigenvalue weighted by molar-refractivity contribution is 5.96. The molecular weight excluding hydrogens is 340 g/mol. The smallest absolute Gasteiger partial charge is 0.258 e. The fourth-order valence-corrected chi connectivity index (χ4v) is 2.68. The number of nitrogens with zero attached hydrogens (tertiary/aromatic N) is 1. The number of amides is 1. The SMILES string of the molecule is Cc1ccc(C)c(C(=O)N/C=C/C=C\c2c(C)ccn(C(C)CO)c2=O)c1. The molecule has 2 aromatic rings. The van der Waals surface area contributed by atoms with Gasteiger partial charge in [-0.05, 0) is 63.1 Å². The van der Waals surface area contributed by atoms with Gasteiger partial charge in [0.25, 0.3) is 11.5 Å². The highest BCUT2D eigenvalue weighted by atomic mass is 16.3. The van der Waals surface area contributed by atoms with Crippen LogP contribution in [0.15, 0.2) is 53.6 Å². The molecule has 0 aliphatic carbocycles. The molecule has 1 aromatic heterocycles. The molecule has 2 rings (SSSR count). The topological polar surface area (TPSA) is 71.3 Å². The largest absolute Gasteiger partial charge is 0.394 e. The van der Waals surface area contributed by atoms with E-state index in [0.29, 0.717) is 11.1 Å². The maximum atomic E-state index is 12.5. The summed E-state index contributed by atoms with van der Waals surface area (Å²) in [7, 11) is 0. The van der Waals surface area contributed by atoms with E-state index in [-0.39, 0.29) is 24.1 Å². The second-order valence-corrected chi connectivity index (χ2v) is 6.67. The van der Waals surface area contributed by atoms with Crippen molar-refractivity contribution < 1.29 is 9.90 Å². The van der Waals surface area contributed by atoms with Crippen molar-refractivity contribution in [2.75, 3.05) is 6.61 Å². The van der Waals surface area contributed by atoms with Crippen LogP contribution in [0, 0.1) is 20.8 Å². The molecule has 5 nitrogen and oxygen atoms in total. The molecule has 0 aliphatic heterocycles. The Hall–Kier alpha value is -2.92. The number of carbonyl (C=O) groups is 1. The van der Waals surface area contributed by atoms with E-state index in [1.807, 2.05) is 45.0 Å². The van der Waals surface area contributed by atoms with Crippen LogP contribution in [0.2, 0.25) is 0 Å². The van der Waals surface area contributed by atoms with E-state index in [1.165, 1.54) is 4.57 Å². The zero-order valence-corrected chi connectivity index (χ0v) is 16.2. The van der Waals surface area contributed by atoms with Gasteiger partial charge in [0, 0.05) is 23.5 Å². The van der Waals surface area contributed by atoms with E-state index in [9.17, 15) is 14.7 Å². The van der Waals surface area contributed by atoms with Crippen molar-refractivity contribution >= 4 is 12.0 Å². The first kappa shape index (κ1) is 20.4. The zero-order chi connectivity index (χ0) is 20.0. The highest BCUT2D eigenvalue weighted by Gasteiger charge is 2.09. The number of pyridine rings is 1. The number of hydrogen-bond acceptors (Lipinski definition) is 3. The second-order valence-electron chi connectivity index (χ2n) is 6.67. The van der Waals surface area contributed by atoms with Gasteiger partial charge in [0.05, 0.1) is 12.6 Å². The summed E-state index contributed by atoms with van der Waals surface area (Å²) in [5.41, 5.74) is 3.85. The number of allylic oxidation sites excluding steroid dienone is 2. The summed E-state index contributed by atoms with van der Waals surface area (Å²) in [5.74, 6) is -0.170. The third-order valence-electron chi connectivity index (χ3n) is 4.44. The van der Waals surface area contributed by atoms with E-state index < -0.39 is 0 Å². The van der Waals surface area contributed by atoms with Crippen molar-refractivity contribution in [3.8, 4) is 0 Å². The van der Waals surface area contributed by atoms with Crippen LogP contribution in [0.1, 0.15) is 45.6 Å². The Morgan fingerprint density at radius 2 is 1.93 bits per heavy atom. The summed E-state index contributed by atoms with van der Waals surface area (Å²) in [6.45, 7) is 7.39. The molecule has 0 bridgehead atoms. The predicted molar refractivity (Wildman–Crippen MR) is 109 cm³/mol. The Labute approximate surface area is 159 Å². The van der Waals surface area contributed by atoms with Gasteiger partial charge >= 0.3 is 0 Å². The van der Waals surface area contributed by atoms with Crippen LogP contribution in [-0.2, 0) is 0 Å². The average Bonchev–Trinajstić information content (AvgIpc) is 2.65. The van der Waals surface area contributed by atoms with Gasteiger partial charge in [-0.3, -0.25) is 9.59 Å². The third-order valence-corrected chi connectivity index (χ3v) is 4.44. The summed E-state index contributed by atoms with van der Waals surface area (Å²) in [6.07, 6.45) is 8.33. The number of hydrogen-bond donors (Lipinski definition) is 2. The number of aliphatic hydroxyl groups excluding tert-OH is 1. The van der Waals surface area contributed by atoms with Crippen molar-refractivity contribution in [2.45, 2.75) is 33.7 Å². The van der Waals surface area contributed by atoms with Crippen molar-refractivity contribution in [2.24, 2.45) is 0 Å². The summed E-state index contributed by atoms with van der Waals surface area (Å²) in [4.78, 5) is 24.8. The predicted octanol–water partition coefficient (Wildman–Crippen LogP) is 3.28. The van der Waals surface area contributed by atoms with Gasteiger partial charge in [0.15, 0.2) is 0 Å². The minimum atomic E-state index is -0.280. The van der Waals surface area contributed by atoms with Crippen molar-refractivity contribution in [3.05, 3.63) is 87.0 Å². The third kappa shape index (κ3) is 5.05. The number of benzene rings is 1. The Balaban J connectivity index is 2.10. The number of aryl methyl sites for hydroxylation is 3. The molecule has 1 amide bonds. The number of rotatable bonds is 6. The summed E-state index contributed by atoms with van der Waals surface area (Å²) in [5, 5.41) is 12.0. The second kappa shape index (κ2) is 9.14. The normalized spacial score (nSPS) is 12.6. The maximum absolute atomic E-state index is 12.5. The molecule has 0 saturated heterocycles. The van der Waals surface area contributed by atoms with E-state index in [4.69, 9.17) is 0 Å². The first-order valence-corrected chi connectivity index (χ1v) is 8.89. The number of nitrogens with one attached hydrogen (secondary N) is 1. The molecule has 1 heterocycles.